The molecule has 0 aromatic carbocycles. The average molecular weight is 410 g/mol. The van der Waals surface area contributed by atoms with Crippen molar-refractivity contribution in [3.05, 3.63) is 42.3 Å². The van der Waals surface area contributed by atoms with Gasteiger partial charge in [-0.1, -0.05) is 0 Å². The minimum Gasteiger partial charge on any atom is -0.194 e. The van der Waals surface area contributed by atoms with Crippen LogP contribution in [0.15, 0.2) is 5.38 Å². The maximum atomic E-state index is 14.8. The number of rotatable bonds is 2. The number of alkyl halides is 6. The van der Waals surface area contributed by atoms with Crippen LogP contribution in [0.5, 0.6) is 0 Å². The summed E-state index contributed by atoms with van der Waals surface area (Å²) in [5.41, 5.74) is -2.25. The third-order valence-electron chi connectivity index (χ3n) is 4.89. The molecule has 142 valence electrons. The van der Waals surface area contributed by atoms with Gasteiger partial charge < -0.3 is 0 Å². The Balaban J connectivity index is 2.53. The van der Waals surface area contributed by atoms with Crippen molar-refractivity contribution in [3.63, 3.8) is 0 Å². The van der Waals surface area contributed by atoms with E-state index in [1.54, 1.807) is 6.92 Å². The summed E-state index contributed by atoms with van der Waals surface area (Å²) < 4.78 is 87.5. The highest BCUT2D eigenvalue weighted by Gasteiger charge is 2.80. The zero-order valence-corrected chi connectivity index (χ0v) is 16.3. The molecule has 8 heteroatoms. The van der Waals surface area contributed by atoms with Crippen LogP contribution in [-0.4, -0.2) is 17.8 Å². The molecule has 3 rings (SSSR count). The van der Waals surface area contributed by atoms with Gasteiger partial charge >= 0.3 is 17.8 Å². The first-order valence-corrected chi connectivity index (χ1v) is 9.47. The SMILES string of the molecule is Cc1csc(C)c1C1=C(c2c(C)sc(C)c2C)C(F)(F)C(F)(F)C1(F)F. The van der Waals surface area contributed by atoms with Gasteiger partial charge in [0.1, 0.15) is 0 Å². The average Bonchev–Trinajstić information content (AvgIpc) is 2.99. The molecule has 0 nitrogen and oxygen atoms in total. The van der Waals surface area contributed by atoms with Gasteiger partial charge in [-0.15, -0.1) is 22.7 Å². The summed E-state index contributed by atoms with van der Waals surface area (Å²) in [6, 6.07) is 0. The number of halogens is 6. The van der Waals surface area contributed by atoms with Gasteiger partial charge in [0, 0.05) is 36.9 Å². The summed E-state index contributed by atoms with van der Waals surface area (Å²) in [5, 5.41) is 1.51. The van der Waals surface area contributed by atoms with Crippen LogP contribution in [0.4, 0.5) is 26.3 Å². The molecule has 2 aromatic heterocycles. The molecule has 0 amide bonds. The van der Waals surface area contributed by atoms with Crippen LogP contribution in [0, 0.1) is 34.6 Å². The van der Waals surface area contributed by atoms with E-state index in [4.69, 9.17) is 0 Å². The standard InChI is InChI=1S/C18H16F6S2/c1-7-6-25-10(4)12(7)14-15(13-8(2)9(3)26-11(13)5)17(21,22)18(23,24)16(14,19)20/h6H,1-5H3. The smallest absolute Gasteiger partial charge is 0.194 e. The van der Waals surface area contributed by atoms with Gasteiger partial charge in [0.05, 0.1) is 0 Å². The molecule has 1 aliphatic rings. The largest absolute Gasteiger partial charge is 0.380 e. The first kappa shape index (κ1) is 19.5. The second-order valence-corrected chi connectivity index (χ2v) is 9.05. The van der Waals surface area contributed by atoms with Gasteiger partial charge in [-0.25, -0.2) is 0 Å². The summed E-state index contributed by atoms with van der Waals surface area (Å²) in [4.78, 5) is 1.27. The normalized spacial score (nSPS) is 20.9. The summed E-state index contributed by atoms with van der Waals surface area (Å²) >= 11 is 2.21. The minimum absolute atomic E-state index is 0.186. The Labute approximate surface area is 155 Å². The monoisotopic (exact) mass is 410 g/mol. The van der Waals surface area contributed by atoms with Crippen LogP contribution in [0.25, 0.3) is 11.1 Å². The molecule has 0 spiro atoms. The Bertz CT molecular complexity index is 910. The predicted molar refractivity (Wildman–Crippen MR) is 94.0 cm³/mol. The van der Waals surface area contributed by atoms with Gasteiger partial charge in [-0.05, 0) is 51.1 Å². The number of hydrogen-bond donors (Lipinski definition) is 0. The lowest BCUT2D eigenvalue weighted by atomic mass is 9.91. The predicted octanol–water partition coefficient (Wildman–Crippen LogP) is 7.18. The Morgan fingerprint density at radius 2 is 1.19 bits per heavy atom. The van der Waals surface area contributed by atoms with E-state index in [1.807, 2.05) is 0 Å². The maximum absolute atomic E-state index is 14.8. The minimum atomic E-state index is -5.50. The highest BCUT2D eigenvalue weighted by molar-refractivity contribution is 7.12. The fourth-order valence-corrected chi connectivity index (χ4v) is 5.42. The van der Waals surface area contributed by atoms with Crippen LogP contribution in [0.1, 0.15) is 36.9 Å². The van der Waals surface area contributed by atoms with Crippen molar-refractivity contribution in [2.45, 2.75) is 52.4 Å². The van der Waals surface area contributed by atoms with Crippen molar-refractivity contribution in [1.29, 1.82) is 0 Å². The van der Waals surface area contributed by atoms with E-state index < -0.39 is 28.9 Å². The van der Waals surface area contributed by atoms with E-state index >= 15 is 0 Å². The zero-order valence-electron chi connectivity index (χ0n) is 14.7. The van der Waals surface area contributed by atoms with Gasteiger partial charge in [-0.3, -0.25) is 0 Å². The molecule has 0 bridgehead atoms. The van der Waals surface area contributed by atoms with Crippen LogP contribution >= 0.6 is 22.7 Å². The van der Waals surface area contributed by atoms with Crippen LogP contribution in [0.2, 0.25) is 0 Å². The molecule has 0 N–H and O–H groups in total. The summed E-state index contributed by atoms with van der Waals surface area (Å²) in [6.07, 6.45) is 0. The molecule has 0 saturated carbocycles. The molecular weight excluding hydrogens is 394 g/mol. The Hall–Kier alpha value is -1.28. The van der Waals surface area contributed by atoms with Crippen molar-refractivity contribution in [2.24, 2.45) is 0 Å². The molecule has 0 atom stereocenters. The first-order valence-electron chi connectivity index (χ1n) is 7.77. The van der Waals surface area contributed by atoms with E-state index in [-0.39, 0.29) is 16.7 Å². The molecule has 2 heterocycles. The van der Waals surface area contributed by atoms with Crippen LogP contribution in [-0.2, 0) is 0 Å². The molecule has 0 fully saturated rings. The quantitative estimate of drug-likeness (QED) is 0.460. The molecule has 0 radical (unpaired) electrons. The van der Waals surface area contributed by atoms with Crippen molar-refractivity contribution in [2.75, 3.05) is 0 Å². The summed E-state index contributed by atoms with van der Waals surface area (Å²) in [5.74, 6) is -15.5. The number of hydrogen-bond acceptors (Lipinski definition) is 2. The lowest BCUT2D eigenvalue weighted by molar-refractivity contribution is -0.254. The summed E-state index contributed by atoms with van der Waals surface area (Å²) in [6.45, 7) is 7.58. The van der Waals surface area contributed by atoms with E-state index in [0.717, 1.165) is 22.7 Å². The third-order valence-corrected chi connectivity index (χ3v) is 7.04. The summed E-state index contributed by atoms with van der Waals surface area (Å²) in [7, 11) is 0. The Kier molecular flexibility index (Phi) is 4.20. The van der Waals surface area contributed by atoms with E-state index in [1.165, 1.54) is 33.1 Å². The number of aryl methyl sites for hydroxylation is 4. The van der Waals surface area contributed by atoms with Crippen LogP contribution in [0.3, 0.4) is 0 Å². The Morgan fingerprint density at radius 3 is 1.58 bits per heavy atom. The fraction of sp³-hybridized carbons (Fsp3) is 0.444. The third kappa shape index (κ3) is 2.21. The van der Waals surface area contributed by atoms with Gasteiger partial charge in [-0.2, -0.15) is 26.3 Å². The highest BCUT2D eigenvalue weighted by atomic mass is 32.1. The maximum Gasteiger partial charge on any atom is 0.380 e. The second-order valence-electron chi connectivity index (χ2n) is 6.54. The van der Waals surface area contributed by atoms with E-state index in [9.17, 15) is 26.3 Å². The topological polar surface area (TPSA) is 0 Å². The molecule has 26 heavy (non-hydrogen) atoms. The van der Waals surface area contributed by atoms with Crippen LogP contribution < -0.4 is 0 Å². The lowest BCUT2D eigenvalue weighted by Gasteiger charge is -2.26. The molecule has 0 aliphatic heterocycles. The molecule has 2 aromatic rings. The molecule has 1 aliphatic carbocycles. The Morgan fingerprint density at radius 1 is 0.692 bits per heavy atom. The highest BCUT2D eigenvalue weighted by Crippen LogP contribution is 2.66. The fourth-order valence-electron chi connectivity index (χ4n) is 3.50. The van der Waals surface area contributed by atoms with Crippen molar-refractivity contribution >= 4 is 33.8 Å². The number of allylic oxidation sites excluding steroid dienone is 2. The van der Waals surface area contributed by atoms with Crippen molar-refractivity contribution in [1.82, 2.24) is 0 Å². The second kappa shape index (κ2) is 5.61. The molecule has 0 unspecified atom stereocenters. The van der Waals surface area contributed by atoms with Crippen molar-refractivity contribution in [3.8, 4) is 0 Å². The van der Waals surface area contributed by atoms with Gasteiger partial charge in [0.25, 0.3) is 0 Å². The van der Waals surface area contributed by atoms with E-state index in [2.05, 4.69) is 0 Å². The van der Waals surface area contributed by atoms with Gasteiger partial charge in [0.2, 0.25) is 0 Å². The molecular formula is C18H16F6S2. The van der Waals surface area contributed by atoms with Gasteiger partial charge in [0.15, 0.2) is 0 Å². The zero-order chi connectivity index (χ0) is 19.8. The van der Waals surface area contributed by atoms with E-state index in [0.29, 0.717) is 20.2 Å². The number of thiophene rings is 2. The lowest BCUT2D eigenvalue weighted by Crippen LogP contribution is -2.49. The van der Waals surface area contributed by atoms with Crippen molar-refractivity contribution < 1.29 is 26.3 Å². The molecule has 0 saturated heterocycles. The first-order chi connectivity index (χ1) is 11.8.